The van der Waals surface area contributed by atoms with E-state index in [1.54, 1.807) is 4.90 Å². The summed E-state index contributed by atoms with van der Waals surface area (Å²) < 4.78 is 68.7. The third-order valence-corrected chi connectivity index (χ3v) is 6.46. The lowest BCUT2D eigenvalue weighted by Crippen LogP contribution is -2.58. The van der Waals surface area contributed by atoms with Gasteiger partial charge in [0.15, 0.2) is 0 Å². The van der Waals surface area contributed by atoms with Gasteiger partial charge in [-0.25, -0.2) is 8.78 Å². The summed E-state index contributed by atoms with van der Waals surface area (Å²) in [5.41, 5.74) is -1.70. The van der Waals surface area contributed by atoms with Crippen molar-refractivity contribution in [1.29, 1.82) is 0 Å². The molecule has 1 atom stereocenters. The molecule has 34 heavy (non-hydrogen) atoms. The van der Waals surface area contributed by atoms with Crippen molar-refractivity contribution in [3.8, 4) is 0 Å². The van der Waals surface area contributed by atoms with E-state index in [0.29, 0.717) is 11.1 Å². The summed E-state index contributed by atoms with van der Waals surface area (Å²) >= 11 is 11.8. The maximum Gasteiger partial charge on any atom is 0.435 e. The topological polar surface area (TPSA) is 58.0 Å². The lowest BCUT2D eigenvalue weighted by atomic mass is 9.89. The first-order chi connectivity index (χ1) is 15.9. The average Bonchev–Trinajstić information content (AvgIpc) is 3.35. The lowest BCUT2D eigenvalue weighted by Gasteiger charge is -2.38. The fourth-order valence-corrected chi connectivity index (χ4v) is 4.77. The first kappa shape index (κ1) is 23.1. The van der Waals surface area contributed by atoms with Gasteiger partial charge < -0.3 is 14.6 Å². The third-order valence-electron chi connectivity index (χ3n) is 6.02. The number of nitrogens with zero attached hydrogens (tertiary/aromatic N) is 4. The van der Waals surface area contributed by atoms with E-state index in [0.717, 1.165) is 17.0 Å². The second kappa shape index (κ2) is 7.67. The van der Waals surface area contributed by atoms with E-state index < -0.39 is 43.1 Å². The number of amides is 1. The number of halogens is 7. The summed E-state index contributed by atoms with van der Waals surface area (Å²) in [6, 6.07) is 5.06. The van der Waals surface area contributed by atoms with Crippen LogP contribution in [0.1, 0.15) is 33.6 Å². The molecule has 3 aliphatic rings. The second-order valence-corrected chi connectivity index (χ2v) is 9.34. The molecule has 180 valence electrons. The maximum atomic E-state index is 14.2. The van der Waals surface area contributed by atoms with Crippen molar-refractivity contribution < 1.29 is 31.6 Å². The molecule has 1 fully saturated rings. The van der Waals surface area contributed by atoms with Crippen LogP contribution in [0.15, 0.2) is 35.6 Å². The fraction of sp³-hybridized carbons (Fsp3) is 0.381. The Morgan fingerprint density at radius 3 is 2.29 bits per heavy atom. The number of rotatable bonds is 2. The molecule has 2 aromatic rings. The smallest absolute Gasteiger partial charge is 0.372 e. The summed E-state index contributed by atoms with van der Waals surface area (Å²) in [5, 5.41) is 3.79. The summed E-state index contributed by atoms with van der Waals surface area (Å²) in [7, 11) is 0. The quantitative estimate of drug-likeness (QED) is 0.523. The van der Waals surface area contributed by atoms with Gasteiger partial charge >= 0.3 is 6.18 Å². The van der Waals surface area contributed by atoms with E-state index in [1.807, 2.05) is 0 Å². The molecular formula is C21H15Cl2F5N4O2. The van der Waals surface area contributed by atoms with Crippen LogP contribution in [0, 0.1) is 0 Å². The zero-order chi connectivity index (χ0) is 24.5. The molecule has 1 amide bonds. The Morgan fingerprint density at radius 2 is 1.68 bits per heavy atom. The van der Waals surface area contributed by atoms with Gasteiger partial charge in [0.05, 0.1) is 19.5 Å². The zero-order valence-corrected chi connectivity index (χ0v) is 18.7. The highest BCUT2D eigenvalue weighted by atomic mass is 35.5. The highest BCUT2D eigenvalue weighted by Crippen LogP contribution is 2.49. The van der Waals surface area contributed by atoms with Gasteiger partial charge in [-0.1, -0.05) is 28.4 Å². The molecule has 0 saturated carbocycles. The molecule has 5 rings (SSSR count). The molecule has 0 aliphatic carbocycles. The number of alkyl halides is 5. The minimum absolute atomic E-state index is 0.00100. The van der Waals surface area contributed by atoms with E-state index in [2.05, 4.69) is 10.1 Å². The Morgan fingerprint density at radius 1 is 1.03 bits per heavy atom. The highest BCUT2D eigenvalue weighted by Gasteiger charge is 2.63. The molecule has 0 radical (unpaired) electrons. The summed E-state index contributed by atoms with van der Waals surface area (Å²) in [6.45, 7) is -0.985. The van der Waals surface area contributed by atoms with Crippen molar-refractivity contribution in [2.75, 3.05) is 13.1 Å². The van der Waals surface area contributed by atoms with Gasteiger partial charge in [-0.15, -0.1) is 0 Å². The number of carbonyl (C=O) groups is 1. The van der Waals surface area contributed by atoms with Crippen LogP contribution in [-0.4, -0.2) is 51.7 Å². The number of benzene rings is 1. The lowest BCUT2D eigenvalue weighted by molar-refractivity contribution is -0.275. The molecule has 0 N–H and O–H groups in total. The Bertz CT molecular complexity index is 1190. The van der Waals surface area contributed by atoms with Crippen LogP contribution in [0.2, 0.25) is 10.0 Å². The summed E-state index contributed by atoms with van der Waals surface area (Å²) in [6.07, 6.45) is -4.01. The predicted molar refractivity (Wildman–Crippen MR) is 112 cm³/mol. The summed E-state index contributed by atoms with van der Waals surface area (Å²) in [4.78, 5) is 24.0. The van der Waals surface area contributed by atoms with E-state index in [9.17, 15) is 26.7 Å². The maximum absolute atomic E-state index is 14.2. The van der Waals surface area contributed by atoms with Gasteiger partial charge in [-0.05, 0) is 35.4 Å². The minimum Gasteiger partial charge on any atom is -0.372 e. The van der Waals surface area contributed by atoms with Gasteiger partial charge in [0.25, 0.3) is 17.4 Å². The molecular weight excluding hydrogens is 506 g/mol. The number of aromatic nitrogens is 1. The normalized spacial score (nSPS) is 23.3. The molecule has 3 aliphatic heterocycles. The van der Waals surface area contributed by atoms with Crippen LogP contribution in [0.4, 0.5) is 22.0 Å². The van der Waals surface area contributed by atoms with Crippen molar-refractivity contribution in [3.05, 3.63) is 62.9 Å². The van der Waals surface area contributed by atoms with Crippen LogP contribution in [0.5, 0.6) is 0 Å². The van der Waals surface area contributed by atoms with E-state index >= 15 is 0 Å². The molecule has 1 aromatic heterocycles. The number of hydrogen-bond donors (Lipinski definition) is 0. The van der Waals surface area contributed by atoms with Crippen LogP contribution in [-0.2, 0) is 23.5 Å². The Labute approximate surface area is 199 Å². The van der Waals surface area contributed by atoms with Crippen LogP contribution < -0.4 is 0 Å². The monoisotopic (exact) mass is 520 g/mol. The highest BCUT2D eigenvalue weighted by molar-refractivity contribution is 6.34. The van der Waals surface area contributed by atoms with Gasteiger partial charge in [-0.3, -0.25) is 9.78 Å². The Hall–Kier alpha value is -2.66. The number of carbonyl (C=O) groups excluding carboxylic acids is 1. The number of oxime groups is 1. The molecule has 1 unspecified atom stereocenters. The van der Waals surface area contributed by atoms with Gasteiger partial charge in [0.1, 0.15) is 11.5 Å². The molecule has 1 saturated heterocycles. The van der Waals surface area contributed by atoms with Crippen molar-refractivity contribution >= 4 is 34.9 Å². The first-order valence-electron chi connectivity index (χ1n) is 10.1. The minimum atomic E-state index is -4.82. The van der Waals surface area contributed by atoms with Crippen molar-refractivity contribution in [3.63, 3.8) is 0 Å². The predicted octanol–water partition coefficient (Wildman–Crippen LogP) is 4.99. The fourth-order valence-electron chi connectivity index (χ4n) is 4.24. The molecule has 4 heterocycles. The van der Waals surface area contributed by atoms with E-state index in [4.69, 9.17) is 28.0 Å². The standard InChI is InChI=1S/C21H15Cl2F5N4O2/c22-14-2-13(3-15(23)4-14)20(21(26,27)28)5-17(30-34-20)31-7-11-1-16(29-6-12(11)8-31)18(33)32-9-19(24,25)10-32/h1-4,6H,5,7-10H2. The average molecular weight is 521 g/mol. The Kier molecular flexibility index (Phi) is 5.21. The first-order valence-corrected chi connectivity index (χ1v) is 10.8. The number of likely N-dealkylation sites (tertiary alicyclic amines) is 1. The Balaban J connectivity index is 1.35. The molecule has 6 nitrogen and oxygen atoms in total. The van der Waals surface area contributed by atoms with Gasteiger partial charge in [0.2, 0.25) is 0 Å². The van der Waals surface area contributed by atoms with E-state index in [1.165, 1.54) is 18.3 Å². The third kappa shape index (κ3) is 3.84. The number of pyridine rings is 1. The largest absolute Gasteiger partial charge is 0.435 e. The van der Waals surface area contributed by atoms with E-state index in [-0.39, 0.29) is 40.2 Å². The van der Waals surface area contributed by atoms with Crippen LogP contribution in [0.25, 0.3) is 0 Å². The molecule has 1 aromatic carbocycles. The van der Waals surface area contributed by atoms with Crippen molar-refractivity contribution in [2.45, 2.75) is 37.2 Å². The van der Waals surface area contributed by atoms with Crippen LogP contribution in [0.3, 0.4) is 0 Å². The number of amidine groups is 1. The molecule has 0 bridgehead atoms. The number of fused-ring (bicyclic) bond motifs is 1. The summed E-state index contributed by atoms with van der Waals surface area (Å²) in [5.74, 6) is -3.47. The van der Waals surface area contributed by atoms with Crippen molar-refractivity contribution in [1.82, 2.24) is 14.8 Å². The zero-order valence-electron chi connectivity index (χ0n) is 17.2. The van der Waals surface area contributed by atoms with Crippen LogP contribution >= 0.6 is 23.2 Å². The SMILES string of the molecule is O=C(c1cc2c(cn1)CN(C1=NOC(c3cc(Cl)cc(Cl)c3)(C(F)(F)F)C1)C2)N1CC(F)(F)C1. The van der Waals surface area contributed by atoms with Crippen molar-refractivity contribution in [2.24, 2.45) is 5.16 Å². The molecule has 0 spiro atoms. The number of hydrogen-bond acceptors (Lipinski definition) is 5. The second-order valence-electron chi connectivity index (χ2n) is 8.47. The molecule has 13 heteroatoms. The van der Waals surface area contributed by atoms with Gasteiger partial charge in [0, 0.05) is 34.9 Å². The van der Waals surface area contributed by atoms with Gasteiger partial charge in [-0.2, -0.15) is 13.2 Å².